The Labute approximate surface area is 146 Å². The van der Waals surface area contributed by atoms with Crippen molar-refractivity contribution in [1.82, 2.24) is 5.32 Å². The minimum atomic E-state index is 0.236. The molecule has 1 fully saturated rings. The molecule has 1 N–H and O–H groups in total. The van der Waals surface area contributed by atoms with E-state index < -0.39 is 0 Å². The van der Waals surface area contributed by atoms with E-state index in [9.17, 15) is 0 Å². The molecule has 1 saturated carbocycles. The van der Waals surface area contributed by atoms with Gasteiger partial charge in [0.15, 0.2) is 0 Å². The van der Waals surface area contributed by atoms with Gasteiger partial charge in [-0.2, -0.15) is 0 Å². The lowest BCUT2D eigenvalue weighted by atomic mass is 9.67. The van der Waals surface area contributed by atoms with Gasteiger partial charge in [-0.3, -0.25) is 0 Å². The Morgan fingerprint density at radius 3 is 2.33 bits per heavy atom. The van der Waals surface area contributed by atoms with Crippen molar-refractivity contribution in [2.24, 2.45) is 5.92 Å². The summed E-state index contributed by atoms with van der Waals surface area (Å²) in [4.78, 5) is 0. The molecule has 2 aromatic rings. The van der Waals surface area contributed by atoms with Gasteiger partial charge in [0.25, 0.3) is 0 Å². The summed E-state index contributed by atoms with van der Waals surface area (Å²) in [6, 6.07) is 19.5. The van der Waals surface area contributed by atoms with Gasteiger partial charge in [0.2, 0.25) is 0 Å². The van der Waals surface area contributed by atoms with E-state index in [2.05, 4.69) is 80.3 Å². The fraction of sp³-hybridized carbons (Fsp3) is 0.391. The van der Waals surface area contributed by atoms with Gasteiger partial charge in [-0.25, -0.2) is 0 Å². The predicted molar refractivity (Wildman–Crippen MR) is 104 cm³/mol. The van der Waals surface area contributed by atoms with Crippen LogP contribution in [-0.2, 0) is 5.41 Å². The first-order valence-electron chi connectivity index (χ1n) is 9.15. The highest BCUT2D eigenvalue weighted by molar-refractivity contribution is 5.64. The quantitative estimate of drug-likeness (QED) is 0.745. The van der Waals surface area contributed by atoms with Crippen LogP contribution in [0.4, 0.5) is 0 Å². The average Bonchev–Trinajstić information content (AvgIpc) is 2.62. The van der Waals surface area contributed by atoms with Crippen LogP contribution in [0.15, 0.2) is 61.2 Å². The number of hydrogen-bond acceptors (Lipinski definition) is 1. The fourth-order valence-corrected chi connectivity index (χ4v) is 3.96. The van der Waals surface area contributed by atoms with E-state index in [0.717, 1.165) is 18.2 Å². The van der Waals surface area contributed by atoms with E-state index in [1.54, 1.807) is 0 Å². The summed E-state index contributed by atoms with van der Waals surface area (Å²) in [5.74, 6) is 0.849. The molecular weight excluding hydrogens is 290 g/mol. The summed E-state index contributed by atoms with van der Waals surface area (Å²) in [7, 11) is 0. The van der Waals surface area contributed by atoms with Crippen LogP contribution >= 0.6 is 0 Å². The lowest BCUT2D eigenvalue weighted by molar-refractivity contribution is 0.240. The highest BCUT2D eigenvalue weighted by Gasteiger charge is 2.35. The van der Waals surface area contributed by atoms with Crippen molar-refractivity contribution in [1.29, 1.82) is 0 Å². The lowest BCUT2D eigenvalue weighted by Crippen LogP contribution is -2.40. The summed E-state index contributed by atoms with van der Waals surface area (Å²) in [5, 5.41) is 3.67. The normalized spacial score (nSPS) is 23.7. The van der Waals surface area contributed by atoms with Crippen molar-refractivity contribution >= 4 is 5.70 Å². The molecule has 3 rings (SSSR count). The molecule has 1 heteroatoms. The Morgan fingerprint density at radius 2 is 1.67 bits per heavy atom. The topological polar surface area (TPSA) is 12.0 Å². The predicted octanol–water partition coefficient (Wildman–Crippen LogP) is 5.70. The molecular formula is C23H29N. The third-order valence-electron chi connectivity index (χ3n) is 5.73. The van der Waals surface area contributed by atoms with Crippen LogP contribution in [0.1, 0.15) is 49.3 Å². The maximum atomic E-state index is 4.30. The van der Waals surface area contributed by atoms with E-state index >= 15 is 0 Å². The summed E-state index contributed by atoms with van der Waals surface area (Å²) in [5.41, 5.74) is 5.26. The molecule has 1 nitrogen and oxygen atoms in total. The lowest BCUT2D eigenvalue weighted by Gasteiger charge is -2.40. The monoisotopic (exact) mass is 319 g/mol. The molecule has 0 saturated heterocycles. The van der Waals surface area contributed by atoms with Crippen LogP contribution in [-0.4, -0.2) is 6.54 Å². The van der Waals surface area contributed by atoms with Gasteiger partial charge in [0, 0.05) is 17.7 Å². The number of aryl methyl sites for hydroxylation is 1. The van der Waals surface area contributed by atoms with E-state index in [1.807, 2.05) is 0 Å². The maximum absolute atomic E-state index is 4.30. The Hall–Kier alpha value is -2.02. The van der Waals surface area contributed by atoms with Crippen LogP contribution in [0.2, 0.25) is 0 Å². The largest absolute Gasteiger partial charge is 0.384 e. The van der Waals surface area contributed by atoms with E-state index in [0.29, 0.717) is 0 Å². The first-order valence-corrected chi connectivity index (χ1v) is 9.15. The fourth-order valence-electron chi connectivity index (χ4n) is 3.96. The molecule has 0 heterocycles. The number of rotatable bonds is 5. The molecule has 0 aliphatic heterocycles. The Morgan fingerprint density at radius 1 is 1.04 bits per heavy atom. The molecule has 126 valence electrons. The Kier molecular flexibility index (Phi) is 5.08. The zero-order valence-corrected chi connectivity index (χ0v) is 15.0. The maximum Gasteiger partial charge on any atom is 0.0343 e. The van der Waals surface area contributed by atoms with Gasteiger partial charge in [0.1, 0.15) is 0 Å². The van der Waals surface area contributed by atoms with Gasteiger partial charge in [-0.15, -0.1) is 0 Å². The minimum Gasteiger partial charge on any atom is -0.384 e. The smallest absolute Gasteiger partial charge is 0.0343 e. The first-order chi connectivity index (χ1) is 11.6. The van der Waals surface area contributed by atoms with Gasteiger partial charge in [-0.1, -0.05) is 68.1 Å². The zero-order chi connectivity index (χ0) is 17.0. The number of benzene rings is 2. The van der Waals surface area contributed by atoms with E-state index in [-0.39, 0.29) is 5.41 Å². The second kappa shape index (κ2) is 7.25. The SMILES string of the molecule is C=C(NCC1(c2ccccc2)CCC(C)CC1)c1ccccc1C. The molecule has 1 aliphatic carbocycles. The van der Waals surface area contributed by atoms with Crippen molar-refractivity contribution in [3.8, 4) is 0 Å². The van der Waals surface area contributed by atoms with Crippen molar-refractivity contribution in [3.05, 3.63) is 77.9 Å². The summed E-state index contributed by atoms with van der Waals surface area (Å²) >= 11 is 0. The summed E-state index contributed by atoms with van der Waals surface area (Å²) in [6.45, 7) is 9.80. The van der Waals surface area contributed by atoms with Crippen LogP contribution in [0.5, 0.6) is 0 Å². The second-order valence-corrected chi connectivity index (χ2v) is 7.48. The summed E-state index contributed by atoms with van der Waals surface area (Å²) < 4.78 is 0. The number of hydrogen-bond donors (Lipinski definition) is 1. The molecule has 0 amide bonds. The van der Waals surface area contributed by atoms with Crippen LogP contribution in [0.25, 0.3) is 5.70 Å². The van der Waals surface area contributed by atoms with Crippen LogP contribution in [0, 0.1) is 12.8 Å². The van der Waals surface area contributed by atoms with E-state index in [1.165, 1.54) is 42.4 Å². The van der Waals surface area contributed by atoms with E-state index in [4.69, 9.17) is 0 Å². The first kappa shape index (κ1) is 16.8. The molecule has 0 spiro atoms. The van der Waals surface area contributed by atoms with Gasteiger partial charge < -0.3 is 5.32 Å². The standard InChI is InChI=1S/C23H29N/c1-18-13-15-23(16-14-18,21-10-5-4-6-11-21)17-24-20(3)22-12-8-7-9-19(22)2/h4-12,18,24H,3,13-17H2,1-2H3. The third-order valence-corrected chi connectivity index (χ3v) is 5.73. The molecule has 0 bridgehead atoms. The Bertz CT molecular complexity index is 678. The average molecular weight is 319 g/mol. The second-order valence-electron chi connectivity index (χ2n) is 7.48. The molecule has 0 radical (unpaired) electrons. The highest BCUT2D eigenvalue weighted by atomic mass is 14.9. The zero-order valence-electron chi connectivity index (χ0n) is 15.0. The van der Waals surface area contributed by atoms with Gasteiger partial charge >= 0.3 is 0 Å². The van der Waals surface area contributed by atoms with Gasteiger partial charge in [0.05, 0.1) is 0 Å². The molecule has 0 atom stereocenters. The van der Waals surface area contributed by atoms with Crippen molar-refractivity contribution in [2.75, 3.05) is 6.54 Å². The number of nitrogens with one attached hydrogen (secondary N) is 1. The van der Waals surface area contributed by atoms with Gasteiger partial charge in [-0.05, 0) is 55.2 Å². The molecule has 0 unspecified atom stereocenters. The summed E-state index contributed by atoms with van der Waals surface area (Å²) in [6.07, 6.45) is 5.14. The van der Waals surface area contributed by atoms with Crippen LogP contribution in [0.3, 0.4) is 0 Å². The molecule has 1 aliphatic rings. The van der Waals surface area contributed by atoms with Crippen molar-refractivity contribution < 1.29 is 0 Å². The molecule has 2 aromatic carbocycles. The third kappa shape index (κ3) is 3.56. The highest BCUT2D eigenvalue weighted by Crippen LogP contribution is 2.41. The Balaban J connectivity index is 1.78. The minimum absolute atomic E-state index is 0.236. The van der Waals surface area contributed by atoms with Crippen LogP contribution < -0.4 is 5.32 Å². The van der Waals surface area contributed by atoms with Crippen molar-refractivity contribution in [3.63, 3.8) is 0 Å². The molecule has 0 aromatic heterocycles. The molecule has 24 heavy (non-hydrogen) atoms. The van der Waals surface area contributed by atoms with Crippen molar-refractivity contribution in [2.45, 2.75) is 44.9 Å².